The molecule has 0 aliphatic heterocycles. The summed E-state index contributed by atoms with van der Waals surface area (Å²) < 4.78 is 11.3. The smallest absolute Gasteiger partial charge is 0.123 e. The van der Waals surface area contributed by atoms with Gasteiger partial charge in [0.05, 0.1) is 6.61 Å². The van der Waals surface area contributed by atoms with Gasteiger partial charge in [0.2, 0.25) is 0 Å². The Labute approximate surface area is 129 Å². The van der Waals surface area contributed by atoms with E-state index in [9.17, 15) is 0 Å². The third-order valence-corrected chi connectivity index (χ3v) is 3.01. The highest BCUT2D eigenvalue weighted by Crippen LogP contribution is 2.19. The van der Waals surface area contributed by atoms with Crippen LogP contribution in [0.3, 0.4) is 0 Å². The molecule has 2 rings (SSSR count). The van der Waals surface area contributed by atoms with E-state index in [2.05, 4.69) is 11.9 Å². The van der Waals surface area contributed by atoms with Crippen LogP contribution in [0.15, 0.2) is 42.6 Å². The van der Waals surface area contributed by atoms with Crippen molar-refractivity contribution in [3.63, 3.8) is 0 Å². The summed E-state index contributed by atoms with van der Waals surface area (Å²) in [5, 5.41) is 0. The van der Waals surface area contributed by atoms with Gasteiger partial charge >= 0.3 is 0 Å². The van der Waals surface area contributed by atoms with E-state index in [0.717, 1.165) is 23.5 Å². The van der Waals surface area contributed by atoms with Crippen LogP contribution >= 0.6 is 12.2 Å². The average Bonchev–Trinajstić information content (AvgIpc) is 2.52. The molecule has 110 valence electrons. The van der Waals surface area contributed by atoms with Gasteiger partial charge in [0.15, 0.2) is 0 Å². The Balaban J connectivity index is 1.98. The van der Waals surface area contributed by atoms with Gasteiger partial charge in [-0.15, -0.1) is 0 Å². The van der Waals surface area contributed by atoms with E-state index in [1.54, 1.807) is 6.20 Å². The number of nitrogens with two attached hydrogens (primary N) is 1. The number of hydrogen-bond acceptors (Lipinski definition) is 4. The lowest BCUT2D eigenvalue weighted by atomic mass is 10.2. The largest absolute Gasteiger partial charge is 0.494 e. The van der Waals surface area contributed by atoms with Gasteiger partial charge in [-0.2, -0.15) is 0 Å². The van der Waals surface area contributed by atoms with Crippen molar-refractivity contribution in [1.29, 1.82) is 0 Å². The highest BCUT2D eigenvalue weighted by atomic mass is 32.1. The van der Waals surface area contributed by atoms with Gasteiger partial charge in [-0.05, 0) is 36.8 Å². The number of aromatic nitrogens is 1. The molecule has 0 amide bonds. The normalized spacial score (nSPS) is 10.1. The van der Waals surface area contributed by atoms with Crippen LogP contribution in [0.25, 0.3) is 0 Å². The standard InChI is InChI=1S/C16H18N2O2S/c1-2-10-19-13-5-7-14(8-6-13)20-11-12-4-3-9-18-15(12)16(17)21/h3-9H,2,10-11H2,1H3,(H2,17,21). The molecule has 2 aromatic rings. The van der Waals surface area contributed by atoms with Crippen molar-refractivity contribution in [2.24, 2.45) is 5.73 Å². The molecule has 0 unspecified atom stereocenters. The summed E-state index contributed by atoms with van der Waals surface area (Å²) in [6, 6.07) is 11.3. The van der Waals surface area contributed by atoms with Crippen molar-refractivity contribution in [1.82, 2.24) is 4.98 Å². The molecular formula is C16H18N2O2S. The highest BCUT2D eigenvalue weighted by Gasteiger charge is 2.06. The van der Waals surface area contributed by atoms with Gasteiger partial charge in [-0.1, -0.05) is 25.2 Å². The molecule has 0 radical (unpaired) electrons. The molecule has 0 bridgehead atoms. The van der Waals surface area contributed by atoms with Crippen molar-refractivity contribution in [2.45, 2.75) is 20.0 Å². The van der Waals surface area contributed by atoms with E-state index in [1.165, 1.54) is 0 Å². The zero-order chi connectivity index (χ0) is 15.1. The average molecular weight is 302 g/mol. The fraction of sp³-hybridized carbons (Fsp3) is 0.250. The monoisotopic (exact) mass is 302 g/mol. The van der Waals surface area contributed by atoms with Crippen molar-refractivity contribution < 1.29 is 9.47 Å². The predicted molar refractivity (Wildman–Crippen MR) is 86.7 cm³/mol. The van der Waals surface area contributed by atoms with E-state index in [1.807, 2.05) is 36.4 Å². The van der Waals surface area contributed by atoms with Crippen LogP contribution in [0.5, 0.6) is 11.5 Å². The molecule has 21 heavy (non-hydrogen) atoms. The lowest BCUT2D eigenvalue weighted by Crippen LogP contribution is -2.15. The fourth-order valence-corrected chi connectivity index (χ4v) is 1.97. The first-order chi connectivity index (χ1) is 10.2. The molecule has 1 heterocycles. The van der Waals surface area contributed by atoms with Crippen LogP contribution in [-0.2, 0) is 6.61 Å². The van der Waals surface area contributed by atoms with Crippen LogP contribution in [0.1, 0.15) is 24.6 Å². The summed E-state index contributed by atoms with van der Waals surface area (Å²) in [4.78, 5) is 4.45. The Morgan fingerprint density at radius 1 is 1.14 bits per heavy atom. The van der Waals surface area contributed by atoms with E-state index in [-0.39, 0.29) is 4.99 Å². The topological polar surface area (TPSA) is 57.4 Å². The minimum absolute atomic E-state index is 0.275. The van der Waals surface area contributed by atoms with E-state index < -0.39 is 0 Å². The van der Waals surface area contributed by atoms with Crippen molar-refractivity contribution in [3.8, 4) is 11.5 Å². The maximum absolute atomic E-state index is 5.73. The van der Waals surface area contributed by atoms with E-state index >= 15 is 0 Å². The summed E-state index contributed by atoms with van der Waals surface area (Å²) >= 11 is 4.98. The van der Waals surface area contributed by atoms with Crippen LogP contribution in [0.4, 0.5) is 0 Å². The quantitative estimate of drug-likeness (QED) is 0.797. The maximum atomic E-state index is 5.73. The zero-order valence-corrected chi connectivity index (χ0v) is 12.7. The molecule has 0 aliphatic carbocycles. The number of ether oxygens (including phenoxy) is 2. The molecule has 0 saturated carbocycles. The van der Waals surface area contributed by atoms with Gasteiger partial charge in [0, 0.05) is 11.8 Å². The Hall–Kier alpha value is -2.14. The van der Waals surface area contributed by atoms with Gasteiger partial charge in [0.1, 0.15) is 28.8 Å². The maximum Gasteiger partial charge on any atom is 0.123 e. The Morgan fingerprint density at radius 2 is 1.81 bits per heavy atom. The molecular weight excluding hydrogens is 284 g/mol. The van der Waals surface area contributed by atoms with E-state index in [0.29, 0.717) is 18.9 Å². The van der Waals surface area contributed by atoms with Crippen LogP contribution < -0.4 is 15.2 Å². The summed E-state index contributed by atoms with van der Waals surface area (Å²) in [5.74, 6) is 1.60. The van der Waals surface area contributed by atoms with Gasteiger partial charge in [-0.3, -0.25) is 4.98 Å². The summed E-state index contributed by atoms with van der Waals surface area (Å²) in [6.45, 7) is 3.16. The Morgan fingerprint density at radius 3 is 2.43 bits per heavy atom. The third-order valence-electron chi connectivity index (χ3n) is 2.82. The van der Waals surface area contributed by atoms with Crippen molar-refractivity contribution in [2.75, 3.05) is 6.61 Å². The van der Waals surface area contributed by atoms with Gasteiger partial charge in [-0.25, -0.2) is 0 Å². The zero-order valence-electron chi connectivity index (χ0n) is 11.9. The molecule has 0 aliphatic rings. The third kappa shape index (κ3) is 4.43. The lowest BCUT2D eigenvalue weighted by Gasteiger charge is -2.10. The predicted octanol–water partition coefficient (Wildman–Crippen LogP) is 3.08. The number of pyridine rings is 1. The first kappa shape index (κ1) is 15.3. The van der Waals surface area contributed by atoms with Gasteiger partial charge < -0.3 is 15.2 Å². The minimum Gasteiger partial charge on any atom is -0.494 e. The summed E-state index contributed by atoms with van der Waals surface area (Å²) in [6.07, 6.45) is 2.65. The molecule has 4 nitrogen and oxygen atoms in total. The van der Waals surface area contributed by atoms with Gasteiger partial charge in [0.25, 0.3) is 0 Å². The molecule has 1 aromatic carbocycles. The molecule has 0 spiro atoms. The SMILES string of the molecule is CCCOc1ccc(OCc2cccnc2C(N)=S)cc1. The van der Waals surface area contributed by atoms with Crippen LogP contribution in [0, 0.1) is 0 Å². The summed E-state index contributed by atoms with van der Waals surface area (Å²) in [7, 11) is 0. The molecule has 0 saturated heterocycles. The first-order valence-corrected chi connectivity index (χ1v) is 7.21. The number of rotatable bonds is 7. The fourth-order valence-electron chi connectivity index (χ4n) is 1.79. The molecule has 5 heteroatoms. The lowest BCUT2D eigenvalue weighted by molar-refractivity contribution is 0.301. The second kappa shape index (κ2) is 7.59. The first-order valence-electron chi connectivity index (χ1n) is 6.80. The highest BCUT2D eigenvalue weighted by molar-refractivity contribution is 7.80. The molecule has 2 N–H and O–H groups in total. The molecule has 0 fully saturated rings. The number of thiocarbonyl (C=S) groups is 1. The Bertz CT molecular complexity index is 599. The van der Waals surface area contributed by atoms with Crippen LogP contribution in [-0.4, -0.2) is 16.6 Å². The number of nitrogens with zero attached hydrogens (tertiary/aromatic N) is 1. The second-order valence-corrected chi connectivity index (χ2v) is 4.92. The van der Waals surface area contributed by atoms with Crippen LogP contribution in [0.2, 0.25) is 0 Å². The van der Waals surface area contributed by atoms with Crippen molar-refractivity contribution in [3.05, 3.63) is 53.9 Å². The van der Waals surface area contributed by atoms with E-state index in [4.69, 9.17) is 27.4 Å². The number of benzene rings is 1. The molecule has 1 aromatic heterocycles. The second-order valence-electron chi connectivity index (χ2n) is 4.48. The number of hydrogen-bond donors (Lipinski definition) is 1. The van der Waals surface area contributed by atoms with Crippen molar-refractivity contribution >= 4 is 17.2 Å². The minimum atomic E-state index is 0.275. The summed E-state index contributed by atoms with van der Waals surface area (Å²) in [5.41, 5.74) is 7.13. The Kier molecular flexibility index (Phi) is 5.51. The molecule has 0 atom stereocenters.